The van der Waals surface area contributed by atoms with Crippen molar-refractivity contribution in [2.24, 2.45) is 0 Å². The Hall–Kier alpha value is -2.57. The number of rotatable bonds is 6. The molecule has 3 amide bonds. The van der Waals surface area contributed by atoms with Crippen molar-refractivity contribution in [1.82, 2.24) is 19.8 Å². The first kappa shape index (κ1) is 21.7. The molecule has 1 aromatic rings. The van der Waals surface area contributed by atoms with Crippen LogP contribution >= 0.6 is 0 Å². The molecule has 0 bridgehead atoms. The molecular formula is C16H23N5O6S. The summed E-state index contributed by atoms with van der Waals surface area (Å²) in [5.41, 5.74) is -0.473. The molecule has 0 radical (unpaired) electrons. The van der Waals surface area contributed by atoms with Crippen molar-refractivity contribution in [2.45, 2.75) is 24.8 Å². The largest absolute Gasteiger partial charge is 0.338 e. The predicted octanol–water partition coefficient (Wildman–Crippen LogP) is 0.135. The summed E-state index contributed by atoms with van der Waals surface area (Å²) in [5.74, 6) is -0.485. The Morgan fingerprint density at radius 2 is 1.82 bits per heavy atom. The highest BCUT2D eigenvalue weighted by Gasteiger charge is 2.35. The number of piperazine rings is 1. The number of imide groups is 1. The normalized spacial score (nSPS) is 16.9. The number of hydrogen-bond donors (Lipinski definition) is 2. The van der Waals surface area contributed by atoms with E-state index >= 15 is 0 Å². The standard InChI is InChI=1S/C16H23N5O6S/c1-3-17-16(23)18-15(22)12(2)19-8-10-20(11-9-19)28(26,27)14-7-5-4-6-13(14)21(24)25/h4-7,12H,3,8-11H2,1-2H3,(H2,17,18,22,23). The summed E-state index contributed by atoms with van der Waals surface area (Å²) in [7, 11) is -4.03. The van der Waals surface area contributed by atoms with Crippen LogP contribution in [0.1, 0.15) is 13.8 Å². The maximum absolute atomic E-state index is 12.8. The molecule has 154 valence electrons. The van der Waals surface area contributed by atoms with E-state index in [-0.39, 0.29) is 31.1 Å². The Labute approximate surface area is 162 Å². The Kier molecular flexibility index (Phi) is 7.05. The molecule has 12 heteroatoms. The molecule has 0 aliphatic carbocycles. The van der Waals surface area contributed by atoms with Crippen LogP contribution in [0.25, 0.3) is 0 Å². The second kappa shape index (κ2) is 9.08. The minimum atomic E-state index is -4.03. The lowest BCUT2D eigenvalue weighted by molar-refractivity contribution is -0.387. The zero-order valence-corrected chi connectivity index (χ0v) is 16.4. The van der Waals surface area contributed by atoms with Gasteiger partial charge in [0.2, 0.25) is 15.9 Å². The Morgan fingerprint density at radius 3 is 2.39 bits per heavy atom. The summed E-state index contributed by atoms with van der Waals surface area (Å²) < 4.78 is 26.8. The van der Waals surface area contributed by atoms with Gasteiger partial charge in [-0.3, -0.25) is 25.1 Å². The molecule has 1 atom stereocenters. The summed E-state index contributed by atoms with van der Waals surface area (Å²) in [4.78, 5) is 35.4. The van der Waals surface area contributed by atoms with E-state index in [9.17, 15) is 28.1 Å². The fraction of sp³-hybridized carbons (Fsp3) is 0.500. The van der Waals surface area contributed by atoms with Gasteiger partial charge < -0.3 is 5.32 Å². The summed E-state index contributed by atoms with van der Waals surface area (Å²) in [6.07, 6.45) is 0. The van der Waals surface area contributed by atoms with Gasteiger partial charge in [0.1, 0.15) is 0 Å². The Balaban J connectivity index is 2.04. The zero-order valence-electron chi connectivity index (χ0n) is 15.6. The van der Waals surface area contributed by atoms with E-state index in [2.05, 4.69) is 10.6 Å². The molecular weight excluding hydrogens is 390 g/mol. The number of nitro benzene ring substituents is 1. The van der Waals surface area contributed by atoms with Gasteiger partial charge in [-0.1, -0.05) is 12.1 Å². The third kappa shape index (κ3) is 4.82. The van der Waals surface area contributed by atoms with E-state index in [0.29, 0.717) is 6.54 Å². The highest BCUT2D eigenvalue weighted by molar-refractivity contribution is 7.89. The zero-order chi connectivity index (χ0) is 20.9. The molecule has 1 heterocycles. The van der Waals surface area contributed by atoms with E-state index < -0.39 is 38.6 Å². The fourth-order valence-corrected chi connectivity index (χ4v) is 4.46. The lowest BCUT2D eigenvalue weighted by Crippen LogP contribution is -2.56. The van der Waals surface area contributed by atoms with E-state index in [1.54, 1.807) is 18.7 Å². The lowest BCUT2D eigenvalue weighted by atomic mass is 10.2. The number of nitrogens with zero attached hydrogens (tertiary/aromatic N) is 3. The summed E-state index contributed by atoms with van der Waals surface area (Å²) >= 11 is 0. The van der Waals surface area contributed by atoms with Gasteiger partial charge in [0.25, 0.3) is 5.69 Å². The van der Waals surface area contributed by atoms with Crippen molar-refractivity contribution in [1.29, 1.82) is 0 Å². The van der Waals surface area contributed by atoms with Crippen LogP contribution in [0.15, 0.2) is 29.2 Å². The second-order valence-corrected chi connectivity index (χ2v) is 8.10. The van der Waals surface area contributed by atoms with Gasteiger partial charge in [0.05, 0.1) is 11.0 Å². The number of carbonyl (C=O) groups excluding carboxylic acids is 2. The van der Waals surface area contributed by atoms with Gasteiger partial charge in [-0.05, 0) is 19.9 Å². The minimum Gasteiger partial charge on any atom is -0.338 e. The molecule has 28 heavy (non-hydrogen) atoms. The minimum absolute atomic E-state index is 0.0765. The van der Waals surface area contributed by atoms with E-state index in [4.69, 9.17) is 0 Å². The van der Waals surface area contributed by atoms with Crippen LogP contribution in [0.3, 0.4) is 0 Å². The fourth-order valence-electron chi connectivity index (χ4n) is 2.88. The number of benzene rings is 1. The van der Waals surface area contributed by atoms with Crippen LogP contribution in [0.4, 0.5) is 10.5 Å². The monoisotopic (exact) mass is 413 g/mol. The third-order valence-corrected chi connectivity index (χ3v) is 6.40. The van der Waals surface area contributed by atoms with Gasteiger partial charge in [-0.15, -0.1) is 0 Å². The molecule has 2 N–H and O–H groups in total. The second-order valence-electron chi connectivity index (χ2n) is 6.19. The number of hydrogen-bond acceptors (Lipinski definition) is 7. The summed E-state index contributed by atoms with van der Waals surface area (Å²) in [6, 6.07) is 3.99. The first-order valence-electron chi connectivity index (χ1n) is 8.74. The SMILES string of the molecule is CCNC(=O)NC(=O)C(C)N1CCN(S(=O)(=O)c2ccccc2[N+](=O)[O-])CC1. The number of nitrogens with one attached hydrogen (secondary N) is 2. The van der Waals surface area contributed by atoms with Crippen LogP contribution in [0, 0.1) is 10.1 Å². The van der Waals surface area contributed by atoms with E-state index in [0.717, 1.165) is 6.07 Å². The average Bonchev–Trinajstić information content (AvgIpc) is 2.67. The maximum Gasteiger partial charge on any atom is 0.321 e. The van der Waals surface area contributed by atoms with Crippen LogP contribution in [0.2, 0.25) is 0 Å². The van der Waals surface area contributed by atoms with Crippen molar-refractivity contribution in [2.75, 3.05) is 32.7 Å². The number of nitro groups is 1. The van der Waals surface area contributed by atoms with Crippen molar-refractivity contribution in [3.63, 3.8) is 0 Å². The van der Waals surface area contributed by atoms with Crippen molar-refractivity contribution in [3.8, 4) is 0 Å². The highest BCUT2D eigenvalue weighted by atomic mass is 32.2. The van der Waals surface area contributed by atoms with Gasteiger partial charge in [-0.2, -0.15) is 4.31 Å². The molecule has 1 unspecified atom stereocenters. The molecule has 0 aromatic heterocycles. The number of sulfonamides is 1. The van der Waals surface area contributed by atoms with Crippen LogP contribution in [0.5, 0.6) is 0 Å². The molecule has 11 nitrogen and oxygen atoms in total. The van der Waals surface area contributed by atoms with Crippen molar-refractivity contribution in [3.05, 3.63) is 34.4 Å². The lowest BCUT2D eigenvalue weighted by Gasteiger charge is -2.36. The Bertz CT molecular complexity index is 851. The van der Waals surface area contributed by atoms with Crippen molar-refractivity contribution >= 4 is 27.6 Å². The quantitative estimate of drug-likeness (QED) is 0.499. The molecule has 0 spiro atoms. The van der Waals surface area contributed by atoms with Gasteiger partial charge in [0.15, 0.2) is 4.90 Å². The molecule has 1 aromatic carbocycles. The topological polar surface area (TPSA) is 142 Å². The molecule has 1 aliphatic rings. The molecule has 1 aliphatic heterocycles. The maximum atomic E-state index is 12.8. The number of amides is 3. The van der Waals surface area contributed by atoms with Gasteiger partial charge in [-0.25, -0.2) is 13.2 Å². The van der Waals surface area contributed by atoms with Crippen LogP contribution in [-0.4, -0.2) is 73.3 Å². The average molecular weight is 413 g/mol. The molecule has 1 saturated heterocycles. The van der Waals surface area contributed by atoms with Gasteiger partial charge in [0, 0.05) is 38.8 Å². The molecule has 1 fully saturated rings. The smallest absolute Gasteiger partial charge is 0.321 e. The highest BCUT2D eigenvalue weighted by Crippen LogP contribution is 2.27. The number of para-hydroxylation sites is 1. The number of urea groups is 1. The van der Waals surface area contributed by atoms with Crippen molar-refractivity contribution < 1.29 is 22.9 Å². The van der Waals surface area contributed by atoms with E-state index in [1.807, 2.05) is 0 Å². The van der Waals surface area contributed by atoms with Crippen LogP contribution < -0.4 is 10.6 Å². The van der Waals surface area contributed by atoms with E-state index in [1.165, 1.54) is 22.5 Å². The number of carbonyl (C=O) groups is 2. The third-order valence-electron chi connectivity index (χ3n) is 4.45. The van der Waals surface area contributed by atoms with Gasteiger partial charge >= 0.3 is 6.03 Å². The van der Waals surface area contributed by atoms with Crippen LogP contribution in [-0.2, 0) is 14.8 Å². The first-order valence-corrected chi connectivity index (χ1v) is 10.2. The Morgan fingerprint density at radius 1 is 1.21 bits per heavy atom. The molecule has 0 saturated carbocycles. The first-order chi connectivity index (χ1) is 13.2. The molecule has 2 rings (SSSR count). The predicted molar refractivity (Wildman–Crippen MR) is 100 cm³/mol. The summed E-state index contributed by atoms with van der Waals surface area (Å²) in [6.45, 7) is 4.40. The summed E-state index contributed by atoms with van der Waals surface area (Å²) in [5, 5.41) is 15.8.